The second-order valence-electron chi connectivity index (χ2n) is 5.62. The summed E-state index contributed by atoms with van der Waals surface area (Å²) in [7, 11) is 0. The number of hydrogen-bond donors (Lipinski definition) is 1. The van der Waals surface area contributed by atoms with Gasteiger partial charge in [0.15, 0.2) is 6.10 Å². The lowest BCUT2D eigenvalue weighted by Crippen LogP contribution is -2.31. The summed E-state index contributed by atoms with van der Waals surface area (Å²) in [5.41, 5.74) is -0.581. The molecule has 1 aromatic rings. The number of halogens is 3. The summed E-state index contributed by atoms with van der Waals surface area (Å²) in [5.74, 6) is -1.12. The van der Waals surface area contributed by atoms with E-state index in [4.69, 9.17) is 4.74 Å². The third-order valence-corrected chi connectivity index (χ3v) is 3.83. The van der Waals surface area contributed by atoms with Crippen LogP contribution in [0.2, 0.25) is 0 Å². The molecule has 1 amide bonds. The normalized spacial score (nSPS) is 16.9. The van der Waals surface area contributed by atoms with Gasteiger partial charge in [0.2, 0.25) is 0 Å². The summed E-state index contributed by atoms with van der Waals surface area (Å²) in [5, 5.41) is 2.43. The molecule has 1 aliphatic rings. The van der Waals surface area contributed by atoms with E-state index >= 15 is 0 Å². The third-order valence-electron chi connectivity index (χ3n) is 3.83. The van der Waals surface area contributed by atoms with Gasteiger partial charge in [0.05, 0.1) is 11.5 Å². The van der Waals surface area contributed by atoms with Gasteiger partial charge < -0.3 is 10.1 Å². The van der Waals surface area contributed by atoms with Crippen LogP contribution in [0, 0.1) is 5.92 Å². The second-order valence-corrected chi connectivity index (χ2v) is 5.62. The van der Waals surface area contributed by atoms with Crippen LogP contribution in [0.5, 0.6) is 0 Å². The fourth-order valence-corrected chi connectivity index (χ4v) is 2.47. The van der Waals surface area contributed by atoms with Crippen molar-refractivity contribution < 1.29 is 27.5 Å². The van der Waals surface area contributed by atoms with Gasteiger partial charge in [-0.25, -0.2) is 0 Å². The number of nitrogens with one attached hydrogen (secondary N) is 1. The molecule has 0 radical (unpaired) electrons. The molecule has 0 saturated heterocycles. The lowest BCUT2D eigenvalue weighted by Gasteiger charge is -2.16. The zero-order valence-corrected chi connectivity index (χ0v) is 12.7. The van der Waals surface area contributed by atoms with E-state index in [9.17, 15) is 22.8 Å². The Bertz CT molecular complexity index is 563. The first-order chi connectivity index (χ1) is 10.8. The van der Waals surface area contributed by atoms with Crippen LogP contribution in [-0.4, -0.2) is 18.0 Å². The van der Waals surface area contributed by atoms with Crippen LogP contribution in [0.15, 0.2) is 24.3 Å². The highest BCUT2D eigenvalue weighted by molar-refractivity contribution is 5.95. The zero-order valence-electron chi connectivity index (χ0n) is 12.7. The van der Waals surface area contributed by atoms with Crippen molar-refractivity contribution >= 4 is 17.6 Å². The Kier molecular flexibility index (Phi) is 5.28. The minimum Gasteiger partial charge on any atom is -0.452 e. The summed E-state index contributed by atoms with van der Waals surface area (Å²) in [6.07, 6.45) is -1.92. The standard InChI is InChI=1S/C16H18F3NO3/c1-10(23-15(22)11-4-2-3-5-11)14(21)20-13-8-6-12(7-9-13)16(17,18)19/h6-11H,2-5H2,1H3,(H,20,21). The Morgan fingerprint density at radius 2 is 1.74 bits per heavy atom. The molecule has 2 rings (SSSR count). The predicted octanol–water partition coefficient (Wildman–Crippen LogP) is 3.77. The van der Waals surface area contributed by atoms with E-state index in [1.807, 2.05) is 0 Å². The number of amides is 1. The van der Waals surface area contributed by atoms with Crippen LogP contribution in [-0.2, 0) is 20.5 Å². The highest BCUT2D eigenvalue weighted by Crippen LogP contribution is 2.30. The van der Waals surface area contributed by atoms with Crippen LogP contribution >= 0.6 is 0 Å². The van der Waals surface area contributed by atoms with E-state index in [2.05, 4.69) is 5.32 Å². The van der Waals surface area contributed by atoms with Crippen molar-refractivity contribution in [2.75, 3.05) is 5.32 Å². The van der Waals surface area contributed by atoms with Crippen molar-refractivity contribution in [1.29, 1.82) is 0 Å². The lowest BCUT2D eigenvalue weighted by molar-refractivity contribution is -0.157. The Labute approximate surface area is 132 Å². The average Bonchev–Trinajstić information content (AvgIpc) is 3.01. The molecule has 7 heteroatoms. The van der Waals surface area contributed by atoms with Crippen molar-refractivity contribution in [3.05, 3.63) is 29.8 Å². The smallest absolute Gasteiger partial charge is 0.416 e. The van der Waals surface area contributed by atoms with E-state index in [1.165, 1.54) is 6.92 Å². The van der Waals surface area contributed by atoms with Crippen LogP contribution in [0.4, 0.5) is 18.9 Å². The number of rotatable bonds is 4. The van der Waals surface area contributed by atoms with Crippen molar-refractivity contribution in [1.82, 2.24) is 0 Å². The molecular weight excluding hydrogens is 311 g/mol. The Morgan fingerprint density at radius 1 is 1.17 bits per heavy atom. The fraction of sp³-hybridized carbons (Fsp3) is 0.500. The Hall–Kier alpha value is -2.05. The number of hydrogen-bond acceptors (Lipinski definition) is 3. The van der Waals surface area contributed by atoms with Crippen molar-refractivity contribution in [3.8, 4) is 0 Å². The zero-order chi connectivity index (χ0) is 17.0. The van der Waals surface area contributed by atoms with Gasteiger partial charge in [-0.05, 0) is 44.0 Å². The van der Waals surface area contributed by atoms with Gasteiger partial charge in [-0.2, -0.15) is 13.2 Å². The number of carbonyl (C=O) groups excluding carboxylic acids is 2. The van der Waals surface area contributed by atoms with Gasteiger partial charge in [-0.3, -0.25) is 9.59 Å². The van der Waals surface area contributed by atoms with Gasteiger partial charge >= 0.3 is 12.1 Å². The van der Waals surface area contributed by atoms with Crippen LogP contribution in [0.25, 0.3) is 0 Å². The van der Waals surface area contributed by atoms with Crippen LogP contribution in [0.1, 0.15) is 38.2 Å². The molecule has 1 saturated carbocycles. The maximum absolute atomic E-state index is 12.5. The molecular formula is C16H18F3NO3. The highest BCUT2D eigenvalue weighted by atomic mass is 19.4. The molecule has 0 heterocycles. The first-order valence-corrected chi connectivity index (χ1v) is 7.46. The summed E-state index contributed by atoms with van der Waals surface area (Å²) in [6.45, 7) is 1.44. The molecule has 23 heavy (non-hydrogen) atoms. The molecule has 126 valence electrons. The topological polar surface area (TPSA) is 55.4 Å². The first kappa shape index (κ1) is 17.3. The van der Waals surface area contributed by atoms with Crippen LogP contribution < -0.4 is 5.32 Å². The molecule has 1 aliphatic carbocycles. The highest BCUT2D eigenvalue weighted by Gasteiger charge is 2.30. The minimum atomic E-state index is -4.42. The monoisotopic (exact) mass is 329 g/mol. The quantitative estimate of drug-likeness (QED) is 0.856. The summed E-state index contributed by atoms with van der Waals surface area (Å²) in [6, 6.07) is 4.08. The van der Waals surface area contributed by atoms with E-state index < -0.39 is 29.7 Å². The van der Waals surface area contributed by atoms with Crippen molar-refractivity contribution in [2.24, 2.45) is 5.92 Å². The molecule has 4 nitrogen and oxygen atoms in total. The lowest BCUT2D eigenvalue weighted by atomic mass is 10.1. The molecule has 0 bridgehead atoms. The molecule has 1 unspecified atom stereocenters. The van der Waals surface area contributed by atoms with Crippen LogP contribution in [0.3, 0.4) is 0 Å². The third kappa shape index (κ3) is 4.71. The number of esters is 1. The number of carbonyl (C=O) groups is 2. The molecule has 1 atom stereocenters. The van der Waals surface area contributed by atoms with Crippen molar-refractivity contribution in [2.45, 2.75) is 44.9 Å². The maximum Gasteiger partial charge on any atom is 0.416 e. The van der Waals surface area contributed by atoms with Gasteiger partial charge in [0.25, 0.3) is 5.91 Å². The molecule has 0 aromatic heterocycles. The minimum absolute atomic E-state index is 0.156. The Balaban J connectivity index is 1.89. The number of ether oxygens (including phenoxy) is 1. The van der Waals surface area contributed by atoms with E-state index in [-0.39, 0.29) is 11.6 Å². The van der Waals surface area contributed by atoms with E-state index in [1.54, 1.807) is 0 Å². The molecule has 1 N–H and O–H groups in total. The van der Waals surface area contributed by atoms with E-state index in [0.29, 0.717) is 0 Å². The fourth-order valence-electron chi connectivity index (χ4n) is 2.47. The summed E-state index contributed by atoms with van der Waals surface area (Å²) < 4.78 is 42.5. The molecule has 1 aromatic carbocycles. The summed E-state index contributed by atoms with van der Waals surface area (Å²) in [4.78, 5) is 23.8. The van der Waals surface area contributed by atoms with Gasteiger partial charge in [0.1, 0.15) is 0 Å². The first-order valence-electron chi connectivity index (χ1n) is 7.46. The van der Waals surface area contributed by atoms with E-state index in [0.717, 1.165) is 49.9 Å². The second kappa shape index (κ2) is 7.02. The number of anilines is 1. The predicted molar refractivity (Wildman–Crippen MR) is 77.6 cm³/mol. The maximum atomic E-state index is 12.5. The number of benzene rings is 1. The molecule has 1 fully saturated rings. The summed E-state index contributed by atoms with van der Waals surface area (Å²) >= 11 is 0. The Morgan fingerprint density at radius 3 is 2.26 bits per heavy atom. The number of alkyl halides is 3. The average molecular weight is 329 g/mol. The van der Waals surface area contributed by atoms with Crippen molar-refractivity contribution in [3.63, 3.8) is 0 Å². The molecule has 0 aliphatic heterocycles. The van der Waals surface area contributed by atoms with Gasteiger partial charge in [-0.1, -0.05) is 12.8 Å². The van der Waals surface area contributed by atoms with Gasteiger partial charge in [0, 0.05) is 5.69 Å². The SMILES string of the molecule is CC(OC(=O)C1CCCC1)C(=O)Nc1ccc(C(F)(F)F)cc1. The largest absolute Gasteiger partial charge is 0.452 e. The molecule has 0 spiro atoms. The van der Waals surface area contributed by atoms with Gasteiger partial charge in [-0.15, -0.1) is 0 Å².